The molecule has 0 saturated carbocycles. The van der Waals surface area contributed by atoms with Crippen molar-refractivity contribution in [3.05, 3.63) is 42.4 Å². The first-order valence-corrected chi connectivity index (χ1v) is 9.35. The Morgan fingerprint density at radius 1 is 1.11 bits per heavy atom. The Kier molecular flexibility index (Phi) is 8.68. The highest BCUT2D eigenvalue weighted by molar-refractivity contribution is 14.0. The SMILES string of the molecule is CCNC(=NCc1ccnc(N(C)C)c1)N1CCN(c2ncccn2)CC1.I. The molecule has 0 aromatic carbocycles. The summed E-state index contributed by atoms with van der Waals surface area (Å²) in [7, 11) is 3.99. The standard InChI is InChI=1S/C19H28N8.HI/c1-4-20-18(24-15-16-6-9-21-17(14-16)25(2)3)26-10-12-27(13-11-26)19-22-7-5-8-23-19;/h5-9,14H,4,10-13,15H2,1-3H3,(H,20,24);1H. The maximum atomic E-state index is 4.84. The second-order valence-corrected chi connectivity index (χ2v) is 6.61. The summed E-state index contributed by atoms with van der Waals surface area (Å²) in [5.41, 5.74) is 1.15. The number of hydrogen-bond donors (Lipinski definition) is 1. The van der Waals surface area contributed by atoms with Gasteiger partial charge in [-0.15, -0.1) is 24.0 Å². The maximum Gasteiger partial charge on any atom is 0.225 e. The molecule has 0 aliphatic carbocycles. The third-order valence-electron chi connectivity index (χ3n) is 4.43. The van der Waals surface area contributed by atoms with Gasteiger partial charge in [0.25, 0.3) is 0 Å². The zero-order valence-corrected chi connectivity index (χ0v) is 19.1. The molecule has 0 unspecified atom stereocenters. The van der Waals surface area contributed by atoms with Crippen molar-refractivity contribution in [2.45, 2.75) is 13.5 Å². The molecule has 1 aliphatic rings. The summed E-state index contributed by atoms with van der Waals surface area (Å²) >= 11 is 0. The van der Waals surface area contributed by atoms with Crippen molar-refractivity contribution in [2.75, 3.05) is 56.6 Å². The number of nitrogens with one attached hydrogen (secondary N) is 1. The van der Waals surface area contributed by atoms with Gasteiger partial charge in [-0.25, -0.2) is 19.9 Å². The summed E-state index contributed by atoms with van der Waals surface area (Å²) in [5, 5.41) is 3.41. The van der Waals surface area contributed by atoms with Crippen LogP contribution in [0.1, 0.15) is 12.5 Å². The highest BCUT2D eigenvalue weighted by atomic mass is 127. The lowest BCUT2D eigenvalue weighted by atomic mass is 10.2. The predicted molar refractivity (Wildman–Crippen MR) is 125 cm³/mol. The quantitative estimate of drug-likeness (QED) is 0.385. The van der Waals surface area contributed by atoms with Gasteiger partial charge in [0.1, 0.15) is 5.82 Å². The first-order chi connectivity index (χ1) is 13.2. The minimum absolute atomic E-state index is 0. The van der Waals surface area contributed by atoms with Gasteiger partial charge in [0.15, 0.2) is 5.96 Å². The van der Waals surface area contributed by atoms with E-state index in [4.69, 9.17) is 4.99 Å². The predicted octanol–water partition coefficient (Wildman–Crippen LogP) is 1.84. The van der Waals surface area contributed by atoms with Gasteiger partial charge < -0.3 is 20.0 Å². The maximum absolute atomic E-state index is 4.84. The summed E-state index contributed by atoms with van der Waals surface area (Å²) in [5.74, 6) is 2.70. The van der Waals surface area contributed by atoms with E-state index in [0.29, 0.717) is 6.54 Å². The molecule has 3 heterocycles. The highest BCUT2D eigenvalue weighted by Crippen LogP contribution is 2.12. The number of anilines is 2. The fraction of sp³-hybridized carbons (Fsp3) is 0.474. The zero-order chi connectivity index (χ0) is 19.1. The monoisotopic (exact) mass is 496 g/mol. The van der Waals surface area contributed by atoms with Gasteiger partial charge >= 0.3 is 0 Å². The van der Waals surface area contributed by atoms with Gasteiger partial charge in [-0.1, -0.05) is 0 Å². The Morgan fingerprint density at radius 3 is 2.46 bits per heavy atom. The van der Waals surface area contributed by atoms with Crippen molar-refractivity contribution in [3.8, 4) is 0 Å². The molecule has 0 atom stereocenters. The average Bonchev–Trinajstić information content (AvgIpc) is 2.72. The first-order valence-electron chi connectivity index (χ1n) is 9.35. The molecule has 1 fully saturated rings. The molecule has 1 saturated heterocycles. The van der Waals surface area contributed by atoms with Crippen molar-refractivity contribution >= 4 is 41.7 Å². The van der Waals surface area contributed by atoms with E-state index in [-0.39, 0.29) is 24.0 Å². The van der Waals surface area contributed by atoms with Crippen LogP contribution in [0.5, 0.6) is 0 Å². The van der Waals surface area contributed by atoms with Gasteiger partial charge in [-0.05, 0) is 30.7 Å². The second kappa shape index (κ2) is 11.0. The van der Waals surface area contributed by atoms with Gasteiger partial charge in [-0.3, -0.25) is 0 Å². The average molecular weight is 496 g/mol. The number of rotatable bonds is 5. The molecule has 0 radical (unpaired) electrons. The highest BCUT2D eigenvalue weighted by Gasteiger charge is 2.21. The molecule has 2 aromatic heterocycles. The van der Waals surface area contributed by atoms with E-state index in [1.165, 1.54) is 0 Å². The van der Waals surface area contributed by atoms with Crippen molar-refractivity contribution in [2.24, 2.45) is 4.99 Å². The topological polar surface area (TPSA) is 72.8 Å². The minimum Gasteiger partial charge on any atom is -0.363 e. The van der Waals surface area contributed by atoms with Crippen molar-refractivity contribution < 1.29 is 0 Å². The molecule has 28 heavy (non-hydrogen) atoms. The van der Waals surface area contributed by atoms with Crippen LogP contribution in [-0.2, 0) is 6.54 Å². The van der Waals surface area contributed by atoms with Crippen LogP contribution in [0.3, 0.4) is 0 Å². The Balaban J connectivity index is 0.00000280. The Bertz CT molecular complexity index is 745. The third-order valence-corrected chi connectivity index (χ3v) is 4.43. The minimum atomic E-state index is 0. The van der Waals surface area contributed by atoms with Gasteiger partial charge in [0.05, 0.1) is 6.54 Å². The van der Waals surface area contributed by atoms with Crippen LogP contribution in [-0.4, -0.2) is 72.6 Å². The summed E-state index contributed by atoms with van der Waals surface area (Å²) in [6.45, 7) is 7.13. The van der Waals surface area contributed by atoms with Crippen LogP contribution < -0.4 is 15.1 Å². The first kappa shape index (κ1) is 22.1. The number of piperazine rings is 1. The summed E-state index contributed by atoms with van der Waals surface area (Å²) < 4.78 is 0. The number of guanidine groups is 1. The van der Waals surface area contributed by atoms with Crippen LogP contribution in [0.4, 0.5) is 11.8 Å². The lowest BCUT2D eigenvalue weighted by molar-refractivity contribution is 0.370. The van der Waals surface area contributed by atoms with Crippen molar-refractivity contribution in [1.82, 2.24) is 25.2 Å². The molecule has 1 aliphatic heterocycles. The molecule has 3 rings (SSSR count). The molecule has 8 nitrogen and oxygen atoms in total. The van der Waals surface area contributed by atoms with E-state index < -0.39 is 0 Å². The van der Waals surface area contributed by atoms with E-state index in [1.807, 2.05) is 37.3 Å². The number of halogens is 1. The molecular weight excluding hydrogens is 467 g/mol. The molecular formula is C19H29IN8. The Morgan fingerprint density at radius 2 is 1.82 bits per heavy atom. The van der Waals surface area contributed by atoms with Crippen molar-refractivity contribution in [3.63, 3.8) is 0 Å². The van der Waals surface area contributed by atoms with Crippen molar-refractivity contribution in [1.29, 1.82) is 0 Å². The van der Waals surface area contributed by atoms with Crippen LogP contribution >= 0.6 is 24.0 Å². The fourth-order valence-corrected chi connectivity index (χ4v) is 2.97. The Hall–Kier alpha value is -2.17. The summed E-state index contributed by atoms with van der Waals surface area (Å²) in [6, 6.07) is 5.94. The molecule has 1 N–H and O–H groups in total. The third kappa shape index (κ3) is 5.91. The largest absolute Gasteiger partial charge is 0.363 e. The molecule has 9 heteroatoms. The zero-order valence-electron chi connectivity index (χ0n) is 16.7. The molecule has 0 amide bonds. The lowest BCUT2D eigenvalue weighted by Crippen LogP contribution is -2.52. The fourth-order valence-electron chi connectivity index (χ4n) is 2.97. The van der Waals surface area contributed by atoms with Crippen LogP contribution in [0, 0.1) is 0 Å². The molecule has 0 bridgehead atoms. The molecule has 2 aromatic rings. The van der Waals surface area contributed by atoms with E-state index in [2.05, 4.69) is 43.1 Å². The van der Waals surface area contributed by atoms with Gasteiger partial charge in [0, 0.05) is 65.4 Å². The van der Waals surface area contributed by atoms with E-state index >= 15 is 0 Å². The van der Waals surface area contributed by atoms with Gasteiger partial charge in [-0.2, -0.15) is 0 Å². The smallest absolute Gasteiger partial charge is 0.225 e. The van der Waals surface area contributed by atoms with E-state index in [1.54, 1.807) is 12.4 Å². The molecule has 152 valence electrons. The number of aromatic nitrogens is 3. The normalized spacial score (nSPS) is 14.5. The number of hydrogen-bond acceptors (Lipinski definition) is 6. The van der Waals surface area contributed by atoms with Crippen LogP contribution in [0.15, 0.2) is 41.8 Å². The second-order valence-electron chi connectivity index (χ2n) is 6.61. The number of nitrogens with zero attached hydrogens (tertiary/aromatic N) is 7. The van der Waals surface area contributed by atoms with Crippen LogP contribution in [0.2, 0.25) is 0 Å². The van der Waals surface area contributed by atoms with E-state index in [0.717, 1.165) is 56.0 Å². The number of aliphatic imine (C=N–C) groups is 1. The Labute approximate surface area is 184 Å². The van der Waals surface area contributed by atoms with E-state index in [9.17, 15) is 0 Å². The summed E-state index contributed by atoms with van der Waals surface area (Å²) in [4.78, 5) is 24.4. The number of pyridine rings is 1. The molecule has 0 spiro atoms. The summed E-state index contributed by atoms with van der Waals surface area (Å²) in [6.07, 6.45) is 5.42. The lowest BCUT2D eigenvalue weighted by Gasteiger charge is -2.36. The van der Waals surface area contributed by atoms with Crippen LogP contribution in [0.25, 0.3) is 0 Å². The van der Waals surface area contributed by atoms with Gasteiger partial charge in [0.2, 0.25) is 5.95 Å².